The molecule has 0 aromatic heterocycles. The Morgan fingerprint density at radius 3 is 2.47 bits per heavy atom. The molecule has 15 heavy (non-hydrogen) atoms. The second-order valence-electron chi connectivity index (χ2n) is 4.52. The minimum Gasteiger partial charge on any atom is -0.389 e. The van der Waals surface area contributed by atoms with Crippen molar-refractivity contribution < 1.29 is 5.11 Å². The van der Waals surface area contributed by atoms with Crippen LogP contribution in [0.15, 0.2) is 30.3 Å². The van der Waals surface area contributed by atoms with Gasteiger partial charge in [0.25, 0.3) is 0 Å². The van der Waals surface area contributed by atoms with E-state index in [0.29, 0.717) is 0 Å². The minimum atomic E-state index is -0.436. The molecule has 0 amide bonds. The smallest absolute Gasteiger partial charge is 0.0771 e. The van der Waals surface area contributed by atoms with Gasteiger partial charge in [-0.15, -0.1) is 0 Å². The first-order valence-electron chi connectivity index (χ1n) is 5.76. The summed E-state index contributed by atoms with van der Waals surface area (Å²) in [7, 11) is 0. The van der Waals surface area contributed by atoms with Crippen molar-refractivity contribution in [3.63, 3.8) is 0 Å². The third kappa shape index (κ3) is 3.05. The molecule has 1 aromatic rings. The fraction of sp³-hybridized carbons (Fsp3) is 0.538. The second-order valence-corrected chi connectivity index (χ2v) is 4.52. The van der Waals surface area contributed by atoms with Gasteiger partial charge in [-0.1, -0.05) is 43.2 Å². The number of benzene rings is 1. The summed E-state index contributed by atoms with van der Waals surface area (Å²) in [6.45, 7) is 1.57. The van der Waals surface area contributed by atoms with E-state index < -0.39 is 5.60 Å². The minimum absolute atomic E-state index is 0.436. The summed E-state index contributed by atoms with van der Waals surface area (Å²) in [6.07, 6.45) is 4.25. The summed E-state index contributed by atoms with van der Waals surface area (Å²) in [5, 5.41) is 13.4. The van der Waals surface area contributed by atoms with E-state index in [2.05, 4.69) is 17.4 Å². The van der Waals surface area contributed by atoms with Crippen LogP contribution in [0.1, 0.15) is 31.2 Å². The first-order valence-corrected chi connectivity index (χ1v) is 5.76. The second kappa shape index (κ2) is 4.77. The molecule has 2 rings (SSSR count). The molecule has 2 N–H and O–H groups in total. The Labute approximate surface area is 91.3 Å². The lowest BCUT2D eigenvalue weighted by atomic mass is 10.0. The van der Waals surface area contributed by atoms with Gasteiger partial charge in [0.15, 0.2) is 0 Å². The standard InChI is InChI=1S/C13H19NO/c15-13(8-4-5-9-13)11-14-10-12-6-2-1-3-7-12/h1-3,6-7,14-15H,4-5,8-11H2. The molecule has 2 heteroatoms. The van der Waals surface area contributed by atoms with Gasteiger partial charge in [0.05, 0.1) is 5.60 Å². The highest BCUT2D eigenvalue weighted by Gasteiger charge is 2.30. The fourth-order valence-corrected chi connectivity index (χ4v) is 2.25. The molecule has 1 saturated carbocycles. The summed E-state index contributed by atoms with van der Waals surface area (Å²) in [4.78, 5) is 0. The zero-order valence-electron chi connectivity index (χ0n) is 9.08. The summed E-state index contributed by atoms with van der Waals surface area (Å²) in [5.74, 6) is 0. The topological polar surface area (TPSA) is 32.3 Å². The highest BCUT2D eigenvalue weighted by atomic mass is 16.3. The Kier molecular flexibility index (Phi) is 3.39. The van der Waals surface area contributed by atoms with E-state index >= 15 is 0 Å². The van der Waals surface area contributed by atoms with Gasteiger partial charge in [0, 0.05) is 13.1 Å². The van der Waals surface area contributed by atoms with Gasteiger partial charge < -0.3 is 10.4 Å². The lowest BCUT2D eigenvalue weighted by molar-refractivity contribution is 0.0475. The third-order valence-corrected chi connectivity index (χ3v) is 3.16. The van der Waals surface area contributed by atoms with Crippen molar-refractivity contribution in [3.8, 4) is 0 Å². The SMILES string of the molecule is OC1(CNCc2ccccc2)CCCC1. The van der Waals surface area contributed by atoms with Crippen LogP contribution in [0.2, 0.25) is 0 Å². The average molecular weight is 205 g/mol. The van der Waals surface area contributed by atoms with Crippen molar-refractivity contribution in [1.82, 2.24) is 5.32 Å². The van der Waals surface area contributed by atoms with Crippen LogP contribution < -0.4 is 5.32 Å². The first-order chi connectivity index (χ1) is 7.29. The molecule has 82 valence electrons. The number of rotatable bonds is 4. The summed E-state index contributed by atoms with van der Waals surface area (Å²) >= 11 is 0. The van der Waals surface area contributed by atoms with Gasteiger partial charge >= 0.3 is 0 Å². The Morgan fingerprint density at radius 2 is 1.80 bits per heavy atom. The molecule has 0 bridgehead atoms. The summed E-state index contributed by atoms with van der Waals surface area (Å²) < 4.78 is 0. The van der Waals surface area contributed by atoms with Crippen molar-refractivity contribution in [1.29, 1.82) is 0 Å². The van der Waals surface area contributed by atoms with E-state index in [-0.39, 0.29) is 0 Å². The van der Waals surface area contributed by atoms with Gasteiger partial charge in [-0.2, -0.15) is 0 Å². The molecule has 0 spiro atoms. The zero-order chi connectivity index (χ0) is 10.6. The van der Waals surface area contributed by atoms with E-state index in [1.165, 1.54) is 18.4 Å². The maximum absolute atomic E-state index is 10.1. The molecule has 1 fully saturated rings. The quantitative estimate of drug-likeness (QED) is 0.788. The Hall–Kier alpha value is -0.860. The molecule has 1 aromatic carbocycles. The predicted octanol–water partition coefficient (Wildman–Crippen LogP) is 2.08. The largest absolute Gasteiger partial charge is 0.389 e. The lowest BCUT2D eigenvalue weighted by Gasteiger charge is -2.22. The van der Waals surface area contributed by atoms with Crippen LogP contribution in [0.3, 0.4) is 0 Å². The molecule has 0 radical (unpaired) electrons. The third-order valence-electron chi connectivity index (χ3n) is 3.16. The normalized spacial score (nSPS) is 19.3. The van der Waals surface area contributed by atoms with Crippen LogP contribution in [0.25, 0.3) is 0 Å². The van der Waals surface area contributed by atoms with Gasteiger partial charge in [-0.05, 0) is 18.4 Å². The molecular weight excluding hydrogens is 186 g/mol. The summed E-state index contributed by atoms with van der Waals surface area (Å²) in [5.41, 5.74) is 0.841. The van der Waals surface area contributed by atoms with Crippen LogP contribution in [0.4, 0.5) is 0 Å². The Morgan fingerprint density at radius 1 is 1.13 bits per heavy atom. The van der Waals surface area contributed by atoms with Crippen LogP contribution in [-0.2, 0) is 6.54 Å². The highest BCUT2D eigenvalue weighted by Crippen LogP contribution is 2.28. The maximum Gasteiger partial charge on any atom is 0.0771 e. The molecule has 0 heterocycles. The van der Waals surface area contributed by atoms with E-state index in [4.69, 9.17) is 0 Å². The van der Waals surface area contributed by atoms with E-state index in [9.17, 15) is 5.11 Å². The lowest BCUT2D eigenvalue weighted by Crippen LogP contribution is -2.37. The molecule has 0 saturated heterocycles. The zero-order valence-corrected chi connectivity index (χ0v) is 9.08. The van der Waals surface area contributed by atoms with Gasteiger partial charge in [-0.3, -0.25) is 0 Å². The van der Waals surface area contributed by atoms with Crippen molar-refractivity contribution in [2.75, 3.05) is 6.54 Å². The van der Waals surface area contributed by atoms with Crippen LogP contribution in [0, 0.1) is 0 Å². The van der Waals surface area contributed by atoms with Gasteiger partial charge in [-0.25, -0.2) is 0 Å². The average Bonchev–Trinajstić information content (AvgIpc) is 2.67. The number of hydrogen-bond donors (Lipinski definition) is 2. The van der Waals surface area contributed by atoms with Gasteiger partial charge in [0.1, 0.15) is 0 Å². The van der Waals surface area contributed by atoms with Crippen LogP contribution in [-0.4, -0.2) is 17.3 Å². The van der Waals surface area contributed by atoms with Crippen molar-refractivity contribution in [2.24, 2.45) is 0 Å². The number of aliphatic hydroxyl groups is 1. The number of nitrogens with one attached hydrogen (secondary N) is 1. The van der Waals surface area contributed by atoms with Crippen LogP contribution in [0.5, 0.6) is 0 Å². The van der Waals surface area contributed by atoms with Gasteiger partial charge in [0.2, 0.25) is 0 Å². The van der Waals surface area contributed by atoms with Crippen molar-refractivity contribution in [3.05, 3.63) is 35.9 Å². The fourth-order valence-electron chi connectivity index (χ4n) is 2.25. The Balaban J connectivity index is 1.75. The Bertz CT molecular complexity index is 291. The van der Waals surface area contributed by atoms with E-state index in [1.54, 1.807) is 0 Å². The maximum atomic E-state index is 10.1. The highest BCUT2D eigenvalue weighted by molar-refractivity contribution is 5.14. The molecule has 1 aliphatic rings. The molecule has 2 nitrogen and oxygen atoms in total. The predicted molar refractivity (Wildman–Crippen MR) is 61.6 cm³/mol. The van der Waals surface area contributed by atoms with Crippen molar-refractivity contribution >= 4 is 0 Å². The molecule has 0 atom stereocenters. The number of hydrogen-bond acceptors (Lipinski definition) is 2. The van der Waals surface area contributed by atoms with Crippen LogP contribution >= 0.6 is 0 Å². The summed E-state index contributed by atoms with van der Waals surface area (Å²) in [6, 6.07) is 10.3. The van der Waals surface area contributed by atoms with E-state index in [1.807, 2.05) is 18.2 Å². The molecular formula is C13H19NO. The van der Waals surface area contributed by atoms with Crippen molar-refractivity contribution in [2.45, 2.75) is 37.8 Å². The van der Waals surface area contributed by atoms with E-state index in [0.717, 1.165) is 25.9 Å². The monoisotopic (exact) mass is 205 g/mol. The molecule has 1 aliphatic carbocycles. The molecule has 0 unspecified atom stereocenters. The molecule has 0 aliphatic heterocycles. The first kappa shape index (κ1) is 10.7.